The number of aryl methyl sites for hydroxylation is 2. The van der Waals surface area contributed by atoms with Gasteiger partial charge in [0, 0.05) is 11.8 Å². The number of benzene rings is 1. The molecule has 0 unspecified atom stereocenters. The average molecular weight is 213 g/mol. The minimum absolute atomic E-state index is 0.0419. The van der Waals surface area contributed by atoms with Crippen LogP contribution >= 0.6 is 0 Å². The molecule has 2 rings (SSSR count). The summed E-state index contributed by atoms with van der Waals surface area (Å²) in [5.41, 5.74) is 5.46. The maximum Gasteiger partial charge on any atom is 0.0702 e. The van der Waals surface area contributed by atoms with E-state index in [1.807, 2.05) is 12.1 Å². The molecule has 1 N–H and O–H groups in total. The summed E-state index contributed by atoms with van der Waals surface area (Å²) in [7, 11) is 0. The van der Waals surface area contributed by atoms with Crippen LogP contribution in [0.5, 0.6) is 0 Å². The van der Waals surface area contributed by atoms with E-state index in [1.165, 1.54) is 11.1 Å². The van der Waals surface area contributed by atoms with Crippen LogP contribution in [0.25, 0.3) is 11.3 Å². The topological polar surface area (TPSA) is 33.1 Å². The van der Waals surface area contributed by atoms with Crippen LogP contribution < -0.4 is 0 Å². The quantitative estimate of drug-likeness (QED) is 0.832. The van der Waals surface area contributed by atoms with Gasteiger partial charge in [0.1, 0.15) is 0 Å². The van der Waals surface area contributed by atoms with Crippen molar-refractivity contribution in [3.63, 3.8) is 0 Å². The van der Waals surface area contributed by atoms with Gasteiger partial charge in [0.15, 0.2) is 0 Å². The molecule has 0 fully saturated rings. The normalized spacial score (nSPS) is 10.4. The van der Waals surface area contributed by atoms with Crippen molar-refractivity contribution < 1.29 is 5.11 Å². The fourth-order valence-corrected chi connectivity index (χ4v) is 1.59. The summed E-state index contributed by atoms with van der Waals surface area (Å²) < 4.78 is 0. The average Bonchev–Trinajstić information content (AvgIpc) is 2.33. The lowest BCUT2D eigenvalue weighted by Crippen LogP contribution is -1.89. The van der Waals surface area contributed by atoms with Gasteiger partial charge in [-0.05, 0) is 42.7 Å². The number of rotatable bonds is 2. The molecule has 1 aromatic heterocycles. The van der Waals surface area contributed by atoms with E-state index < -0.39 is 0 Å². The lowest BCUT2D eigenvalue weighted by atomic mass is 10.0. The Labute approximate surface area is 95.6 Å². The van der Waals surface area contributed by atoms with Gasteiger partial charge in [0.25, 0.3) is 0 Å². The summed E-state index contributed by atoms with van der Waals surface area (Å²) in [6.45, 7) is 4.24. The second kappa shape index (κ2) is 4.45. The van der Waals surface area contributed by atoms with E-state index in [0.29, 0.717) is 0 Å². The van der Waals surface area contributed by atoms with Gasteiger partial charge < -0.3 is 5.11 Å². The highest BCUT2D eigenvalue weighted by Gasteiger charge is 2.01. The summed E-state index contributed by atoms with van der Waals surface area (Å²) in [5, 5.41) is 8.94. The Bertz CT molecular complexity index is 489. The molecule has 0 atom stereocenters. The summed E-state index contributed by atoms with van der Waals surface area (Å²) in [5.74, 6) is 0. The lowest BCUT2D eigenvalue weighted by molar-refractivity contribution is 0.281. The molecule has 0 saturated heterocycles. The molecule has 0 aliphatic carbocycles. The highest BCUT2D eigenvalue weighted by Crippen LogP contribution is 2.20. The molecule has 2 nitrogen and oxygen atoms in total. The maximum absolute atomic E-state index is 8.94. The number of pyridine rings is 1. The third kappa shape index (κ3) is 2.12. The first kappa shape index (κ1) is 10.8. The van der Waals surface area contributed by atoms with E-state index in [-0.39, 0.29) is 6.61 Å². The number of hydrogen-bond donors (Lipinski definition) is 1. The van der Waals surface area contributed by atoms with Crippen molar-refractivity contribution in [1.82, 2.24) is 4.98 Å². The van der Waals surface area contributed by atoms with Gasteiger partial charge in [0.05, 0.1) is 12.3 Å². The summed E-state index contributed by atoms with van der Waals surface area (Å²) in [6.07, 6.45) is 1.71. The van der Waals surface area contributed by atoms with E-state index in [9.17, 15) is 0 Å². The van der Waals surface area contributed by atoms with Crippen molar-refractivity contribution in [2.75, 3.05) is 0 Å². The van der Waals surface area contributed by atoms with E-state index in [0.717, 1.165) is 16.8 Å². The Hall–Kier alpha value is -1.67. The Balaban J connectivity index is 2.38. The van der Waals surface area contributed by atoms with Crippen molar-refractivity contribution in [3.8, 4) is 11.3 Å². The van der Waals surface area contributed by atoms with Gasteiger partial charge >= 0.3 is 0 Å². The van der Waals surface area contributed by atoms with Crippen molar-refractivity contribution in [2.24, 2.45) is 0 Å². The fraction of sp³-hybridized carbons (Fsp3) is 0.214. The van der Waals surface area contributed by atoms with Gasteiger partial charge in [0.2, 0.25) is 0 Å². The minimum Gasteiger partial charge on any atom is -0.392 e. The molecule has 0 amide bonds. The van der Waals surface area contributed by atoms with E-state index in [2.05, 4.69) is 37.0 Å². The molecule has 0 saturated carbocycles. The van der Waals surface area contributed by atoms with Gasteiger partial charge in [-0.3, -0.25) is 4.98 Å². The van der Waals surface area contributed by atoms with E-state index in [1.54, 1.807) is 6.20 Å². The second-order valence-corrected chi connectivity index (χ2v) is 4.01. The monoisotopic (exact) mass is 213 g/mol. The number of nitrogens with zero attached hydrogens (tertiary/aromatic N) is 1. The van der Waals surface area contributed by atoms with Crippen molar-refractivity contribution in [1.29, 1.82) is 0 Å². The molecule has 0 radical (unpaired) electrons. The second-order valence-electron chi connectivity index (χ2n) is 4.01. The third-order valence-corrected chi connectivity index (χ3v) is 2.81. The smallest absolute Gasteiger partial charge is 0.0702 e. The zero-order chi connectivity index (χ0) is 11.5. The minimum atomic E-state index is 0.0419. The Morgan fingerprint density at radius 3 is 2.44 bits per heavy atom. The molecule has 1 aromatic carbocycles. The van der Waals surface area contributed by atoms with Gasteiger partial charge in [-0.2, -0.15) is 0 Å². The predicted octanol–water partition coefficient (Wildman–Crippen LogP) is 2.86. The number of aromatic nitrogens is 1. The van der Waals surface area contributed by atoms with Crippen LogP contribution in [0.15, 0.2) is 36.5 Å². The van der Waals surface area contributed by atoms with Crippen LogP contribution in [-0.4, -0.2) is 10.1 Å². The van der Waals surface area contributed by atoms with Crippen LogP contribution in [0, 0.1) is 13.8 Å². The van der Waals surface area contributed by atoms with Gasteiger partial charge in [-0.15, -0.1) is 0 Å². The SMILES string of the molecule is Cc1ccc(-c2ccc(CO)cn2)cc1C. The number of aliphatic hydroxyl groups is 1. The first-order chi connectivity index (χ1) is 7.70. The molecule has 0 aliphatic rings. The zero-order valence-electron chi connectivity index (χ0n) is 9.57. The largest absolute Gasteiger partial charge is 0.392 e. The van der Waals surface area contributed by atoms with Crippen molar-refractivity contribution in [2.45, 2.75) is 20.5 Å². The Morgan fingerprint density at radius 1 is 1.06 bits per heavy atom. The molecule has 2 aromatic rings. The Kier molecular flexibility index (Phi) is 3.02. The summed E-state index contributed by atoms with van der Waals surface area (Å²) in [6, 6.07) is 10.2. The zero-order valence-corrected chi connectivity index (χ0v) is 9.57. The molecule has 82 valence electrons. The van der Waals surface area contributed by atoms with Gasteiger partial charge in [-0.1, -0.05) is 18.2 Å². The molecule has 0 aliphatic heterocycles. The molecule has 0 spiro atoms. The first-order valence-corrected chi connectivity index (χ1v) is 5.34. The van der Waals surface area contributed by atoms with E-state index in [4.69, 9.17) is 5.11 Å². The van der Waals surface area contributed by atoms with Crippen LogP contribution in [-0.2, 0) is 6.61 Å². The van der Waals surface area contributed by atoms with Crippen LogP contribution in [0.2, 0.25) is 0 Å². The number of aliphatic hydroxyl groups excluding tert-OH is 1. The molecular weight excluding hydrogens is 198 g/mol. The number of hydrogen-bond acceptors (Lipinski definition) is 2. The third-order valence-electron chi connectivity index (χ3n) is 2.81. The molecule has 2 heteroatoms. The summed E-state index contributed by atoms with van der Waals surface area (Å²) >= 11 is 0. The molecule has 1 heterocycles. The highest BCUT2D eigenvalue weighted by molar-refractivity contribution is 5.60. The summed E-state index contributed by atoms with van der Waals surface area (Å²) in [4.78, 5) is 4.33. The molecular formula is C14H15NO. The standard InChI is InChI=1S/C14H15NO/c1-10-3-5-13(7-11(10)2)14-6-4-12(9-16)8-15-14/h3-8,16H,9H2,1-2H3. The van der Waals surface area contributed by atoms with Gasteiger partial charge in [-0.25, -0.2) is 0 Å². The van der Waals surface area contributed by atoms with E-state index >= 15 is 0 Å². The highest BCUT2D eigenvalue weighted by atomic mass is 16.3. The fourth-order valence-electron chi connectivity index (χ4n) is 1.59. The van der Waals surface area contributed by atoms with Crippen LogP contribution in [0.3, 0.4) is 0 Å². The maximum atomic E-state index is 8.94. The van der Waals surface area contributed by atoms with Crippen molar-refractivity contribution >= 4 is 0 Å². The van der Waals surface area contributed by atoms with Crippen molar-refractivity contribution in [3.05, 3.63) is 53.2 Å². The molecule has 0 bridgehead atoms. The molecule has 16 heavy (non-hydrogen) atoms. The lowest BCUT2D eigenvalue weighted by Gasteiger charge is -2.05. The predicted molar refractivity (Wildman–Crippen MR) is 65.1 cm³/mol. The van der Waals surface area contributed by atoms with Crippen LogP contribution in [0.1, 0.15) is 16.7 Å². The first-order valence-electron chi connectivity index (χ1n) is 5.34. The van der Waals surface area contributed by atoms with Crippen LogP contribution in [0.4, 0.5) is 0 Å². The Morgan fingerprint density at radius 2 is 1.88 bits per heavy atom.